The average molecular weight is 227 g/mol. The van der Waals surface area contributed by atoms with Gasteiger partial charge in [-0.3, -0.25) is 4.90 Å². The van der Waals surface area contributed by atoms with Crippen molar-refractivity contribution in [2.45, 2.75) is 25.9 Å². The molecule has 2 N–H and O–H groups in total. The van der Waals surface area contributed by atoms with Crippen LogP contribution in [0.15, 0.2) is 16.5 Å². The molecule has 0 saturated carbocycles. The molecule has 2 unspecified atom stereocenters. The topological polar surface area (TPSA) is 73.9 Å². The summed E-state index contributed by atoms with van der Waals surface area (Å²) < 4.78 is 5.20. The maximum atomic E-state index is 10.6. The minimum Gasteiger partial charge on any atom is -0.475 e. The highest BCUT2D eigenvalue weighted by Crippen LogP contribution is 2.22. The summed E-state index contributed by atoms with van der Waals surface area (Å²) >= 11 is 0. The van der Waals surface area contributed by atoms with Gasteiger partial charge in [0.05, 0.1) is 12.6 Å². The summed E-state index contributed by atoms with van der Waals surface area (Å²) in [6.45, 7) is 3.83. The first-order valence-electron chi connectivity index (χ1n) is 5.13. The minimum absolute atomic E-state index is 0.00613. The monoisotopic (exact) mass is 227 g/mol. The molecule has 0 bridgehead atoms. The Labute approximate surface area is 94.3 Å². The van der Waals surface area contributed by atoms with Crippen molar-refractivity contribution in [1.82, 2.24) is 4.90 Å². The van der Waals surface area contributed by atoms with Gasteiger partial charge in [-0.1, -0.05) is 0 Å². The molecule has 5 nitrogen and oxygen atoms in total. The summed E-state index contributed by atoms with van der Waals surface area (Å²) in [5.41, 5.74) is 0. The smallest absolute Gasteiger partial charge is 0.371 e. The summed E-state index contributed by atoms with van der Waals surface area (Å²) in [5.74, 6) is -0.552. The van der Waals surface area contributed by atoms with Gasteiger partial charge in [0.25, 0.3) is 0 Å². The van der Waals surface area contributed by atoms with E-state index in [1.807, 2.05) is 25.8 Å². The molecule has 90 valence electrons. The molecule has 5 heteroatoms. The molecule has 0 aliphatic heterocycles. The van der Waals surface area contributed by atoms with E-state index in [1.54, 1.807) is 6.07 Å². The maximum Gasteiger partial charge on any atom is 0.371 e. The molecule has 0 amide bonds. The van der Waals surface area contributed by atoms with E-state index in [9.17, 15) is 4.79 Å². The number of rotatable bonds is 5. The van der Waals surface area contributed by atoms with Crippen LogP contribution in [0.5, 0.6) is 0 Å². The van der Waals surface area contributed by atoms with Crippen molar-refractivity contribution in [3.63, 3.8) is 0 Å². The van der Waals surface area contributed by atoms with Crippen LogP contribution in [0.4, 0.5) is 0 Å². The Balaban J connectivity index is 2.79. The highest BCUT2D eigenvalue weighted by atomic mass is 16.4. The molecule has 0 saturated heterocycles. The number of likely N-dealkylation sites (N-methyl/N-ethyl adjacent to an activating group) is 1. The predicted octanol–water partition coefficient (Wildman–Crippen LogP) is 1.35. The zero-order chi connectivity index (χ0) is 12.3. The lowest BCUT2D eigenvalue weighted by molar-refractivity contribution is 0.0651. The Hall–Kier alpha value is -1.33. The summed E-state index contributed by atoms with van der Waals surface area (Å²) in [5, 5.41) is 17.8. The fraction of sp³-hybridized carbons (Fsp3) is 0.545. The predicted molar refractivity (Wildman–Crippen MR) is 58.4 cm³/mol. The molecular formula is C11H17NO4. The molecule has 0 aliphatic carbocycles. The molecule has 1 rings (SSSR count). The first-order chi connectivity index (χ1) is 7.47. The number of carboxylic acids is 1. The van der Waals surface area contributed by atoms with Crippen LogP contribution in [0.1, 0.15) is 36.2 Å². The van der Waals surface area contributed by atoms with Crippen molar-refractivity contribution in [2.75, 3.05) is 13.7 Å². The Morgan fingerprint density at radius 3 is 2.56 bits per heavy atom. The molecule has 16 heavy (non-hydrogen) atoms. The van der Waals surface area contributed by atoms with Crippen molar-refractivity contribution >= 4 is 5.97 Å². The molecule has 0 aliphatic rings. The largest absolute Gasteiger partial charge is 0.475 e. The second-order valence-corrected chi connectivity index (χ2v) is 3.88. The van der Waals surface area contributed by atoms with E-state index in [4.69, 9.17) is 14.6 Å². The highest BCUT2D eigenvalue weighted by Gasteiger charge is 2.20. The van der Waals surface area contributed by atoms with Gasteiger partial charge >= 0.3 is 5.97 Å². The summed E-state index contributed by atoms with van der Waals surface area (Å²) in [7, 11) is 1.86. The Kier molecular flexibility index (Phi) is 4.09. The number of carbonyl (C=O) groups is 1. The third-order valence-electron chi connectivity index (χ3n) is 2.82. The molecule has 0 fully saturated rings. The standard InChI is InChI=1S/C11H17NO4/c1-7(6-13)12(3)8(2)9-4-5-10(16-9)11(14)15/h4-5,7-8,13H,6H2,1-3H3,(H,14,15). The van der Waals surface area contributed by atoms with Gasteiger partial charge in [0, 0.05) is 6.04 Å². The maximum absolute atomic E-state index is 10.6. The number of carboxylic acid groups (broad SMARTS) is 1. The van der Waals surface area contributed by atoms with Crippen LogP contribution >= 0.6 is 0 Å². The van der Waals surface area contributed by atoms with E-state index in [-0.39, 0.29) is 24.5 Å². The lowest BCUT2D eigenvalue weighted by Crippen LogP contribution is -2.34. The quantitative estimate of drug-likeness (QED) is 0.794. The van der Waals surface area contributed by atoms with Crippen LogP contribution < -0.4 is 0 Å². The van der Waals surface area contributed by atoms with Crippen molar-refractivity contribution < 1.29 is 19.4 Å². The molecule has 0 aromatic carbocycles. The van der Waals surface area contributed by atoms with Gasteiger partial charge in [-0.15, -0.1) is 0 Å². The molecule has 1 heterocycles. The van der Waals surface area contributed by atoms with Gasteiger partial charge in [0.2, 0.25) is 5.76 Å². The van der Waals surface area contributed by atoms with E-state index in [0.717, 1.165) is 0 Å². The number of hydrogen-bond acceptors (Lipinski definition) is 4. The van der Waals surface area contributed by atoms with Crippen LogP contribution in [-0.2, 0) is 0 Å². The molecule has 1 aromatic rings. The lowest BCUT2D eigenvalue weighted by atomic mass is 10.2. The molecule has 2 atom stereocenters. The first kappa shape index (κ1) is 12.7. The van der Waals surface area contributed by atoms with Gasteiger partial charge in [0.15, 0.2) is 0 Å². The van der Waals surface area contributed by atoms with Crippen LogP contribution in [0.25, 0.3) is 0 Å². The average Bonchev–Trinajstić information content (AvgIpc) is 2.75. The summed E-state index contributed by atoms with van der Waals surface area (Å²) in [6.07, 6.45) is 0. The Morgan fingerprint density at radius 1 is 1.50 bits per heavy atom. The fourth-order valence-corrected chi connectivity index (χ4v) is 1.40. The van der Waals surface area contributed by atoms with Gasteiger partial charge in [0.1, 0.15) is 5.76 Å². The number of aliphatic hydroxyl groups excluding tert-OH is 1. The molecular weight excluding hydrogens is 210 g/mol. The summed E-state index contributed by atoms with van der Waals surface area (Å²) in [6, 6.07) is 3.00. The second-order valence-electron chi connectivity index (χ2n) is 3.88. The normalized spacial score (nSPS) is 15.1. The minimum atomic E-state index is -1.07. The Morgan fingerprint density at radius 2 is 2.12 bits per heavy atom. The third kappa shape index (κ3) is 2.62. The summed E-state index contributed by atoms with van der Waals surface area (Å²) in [4.78, 5) is 12.6. The number of aliphatic hydroxyl groups is 1. The van der Waals surface area contributed by atoms with Crippen LogP contribution in [0, 0.1) is 0 Å². The van der Waals surface area contributed by atoms with E-state index in [0.29, 0.717) is 5.76 Å². The van der Waals surface area contributed by atoms with Gasteiger partial charge in [-0.05, 0) is 33.0 Å². The van der Waals surface area contributed by atoms with Crippen molar-refractivity contribution in [3.8, 4) is 0 Å². The van der Waals surface area contributed by atoms with Crippen LogP contribution in [0.2, 0.25) is 0 Å². The third-order valence-corrected chi connectivity index (χ3v) is 2.82. The van der Waals surface area contributed by atoms with Gasteiger partial charge < -0.3 is 14.6 Å². The SMILES string of the molecule is CC(CO)N(C)C(C)c1ccc(C(=O)O)o1. The molecule has 1 aromatic heterocycles. The van der Waals surface area contributed by atoms with E-state index in [1.165, 1.54) is 6.07 Å². The number of hydrogen-bond donors (Lipinski definition) is 2. The molecule has 0 radical (unpaired) electrons. The fourth-order valence-electron chi connectivity index (χ4n) is 1.40. The van der Waals surface area contributed by atoms with Crippen molar-refractivity contribution in [1.29, 1.82) is 0 Å². The lowest BCUT2D eigenvalue weighted by Gasteiger charge is -2.28. The van der Waals surface area contributed by atoms with Gasteiger partial charge in [-0.25, -0.2) is 4.79 Å². The van der Waals surface area contributed by atoms with Crippen molar-refractivity contribution in [3.05, 3.63) is 23.7 Å². The van der Waals surface area contributed by atoms with Crippen molar-refractivity contribution in [2.24, 2.45) is 0 Å². The zero-order valence-corrected chi connectivity index (χ0v) is 9.67. The molecule has 0 spiro atoms. The highest BCUT2D eigenvalue weighted by molar-refractivity contribution is 5.84. The van der Waals surface area contributed by atoms with Crippen LogP contribution in [-0.4, -0.2) is 40.8 Å². The first-order valence-corrected chi connectivity index (χ1v) is 5.13. The van der Waals surface area contributed by atoms with E-state index >= 15 is 0 Å². The zero-order valence-electron chi connectivity index (χ0n) is 9.67. The number of furan rings is 1. The van der Waals surface area contributed by atoms with E-state index < -0.39 is 5.97 Å². The number of nitrogens with zero attached hydrogens (tertiary/aromatic N) is 1. The van der Waals surface area contributed by atoms with Gasteiger partial charge in [-0.2, -0.15) is 0 Å². The number of aromatic carboxylic acids is 1. The second kappa shape index (κ2) is 5.14. The Bertz CT molecular complexity index is 361. The van der Waals surface area contributed by atoms with Crippen LogP contribution in [0.3, 0.4) is 0 Å². The van der Waals surface area contributed by atoms with E-state index in [2.05, 4.69) is 0 Å².